The van der Waals surface area contributed by atoms with E-state index in [4.69, 9.17) is 4.74 Å². The Balaban J connectivity index is 1.90. The molecule has 2 bridgehead atoms. The first-order valence-corrected chi connectivity index (χ1v) is 4.25. The molecule has 1 heterocycles. The zero-order valence-electron chi connectivity index (χ0n) is 6.47. The summed E-state index contributed by atoms with van der Waals surface area (Å²) < 4.78 is 5.60. The Morgan fingerprint density at radius 1 is 1.50 bits per heavy atom. The molecule has 2 fully saturated rings. The van der Waals surface area contributed by atoms with Crippen molar-refractivity contribution in [3.63, 3.8) is 0 Å². The predicted molar refractivity (Wildman–Crippen MR) is 39.9 cm³/mol. The fourth-order valence-corrected chi connectivity index (χ4v) is 2.20. The SMILES string of the molecule is CCOC1CC2CC1CN2. The molecule has 0 aromatic carbocycles. The lowest BCUT2D eigenvalue weighted by molar-refractivity contribution is 0.0292. The molecule has 0 aromatic heterocycles. The molecule has 2 nitrogen and oxygen atoms in total. The zero-order valence-corrected chi connectivity index (χ0v) is 6.47. The Labute approximate surface area is 61.9 Å². The summed E-state index contributed by atoms with van der Waals surface area (Å²) in [6.07, 6.45) is 3.18. The number of piperidine rings is 1. The fraction of sp³-hybridized carbons (Fsp3) is 1.00. The van der Waals surface area contributed by atoms with Crippen molar-refractivity contribution in [1.29, 1.82) is 0 Å². The van der Waals surface area contributed by atoms with Crippen molar-refractivity contribution in [2.24, 2.45) is 5.92 Å². The topological polar surface area (TPSA) is 21.3 Å². The molecular formula is C8H15NO. The highest BCUT2D eigenvalue weighted by Gasteiger charge is 2.39. The zero-order chi connectivity index (χ0) is 6.97. The van der Waals surface area contributed by atoms with E-state index < -0.39 is 0 Å². The lowest BCUT2D eigenvalue weighted by Crippen LogP contribution is -2.34. The molecule has 2 aliphatic rings. The van der Waals surface area contributed by atoms with Crippen molar-refractivity contribution in [3.05, 3.63) is 0 Å². The third-order valence-electron chi connectivity index (χ3n) is 2.68. The van der Waals surface area contributed by atoms with E-state index >= 15 is 0 Å². The highest BCUT2D eigenvalue weighted by molar-refractivity contribution is 4.95. The average molecular weight is 141 g/mol. The first kappa shape index (κ1) is 6.62. The molecule has 0 radical (unpaired) electrons. The van der Waals surface area contributed by atoms with E-state index in [1.807, 2.05) is 0 Å². The molecule has 10 heavy (non-hydrogen) atoms. The Bertz CT molecular complexity index is 126. The molecule has 2 rings (SSSR count). The van der Waals surface area contributed by atoms with Gasteiger partial charge >= 0.3 is 0 Å². The van der Waals surface area contributed by atoms with Crippen LogP contribution in [0.2, 0.25) is 0 Å². The highest BCUT2D eigenvalue weighted by atomic mass is 16.5. The van der Waals surface area contributed by atoms with Crippen LogP contribution in [0.4, 0.5) is 0 Å². The Hall–Kier alpha value is -0.0800. The minimum absolute atomic E-state index is 0.580. The van der Waals surface area contributed by atoms with Crippen molar-refractivity contribution in [1.82, 2.24) is 5.32 Å². The van der Waals surface area contributed by atoms with Gasteiger partial charge in [-0.05, 0) is 25.7 Å². The molecule has 1 saturated heterocycles. The van der Waals surface area contributed by atoms with E-state index in [0.29, 0.717) is 6.10 Å². The molecule has 1 aliphatic heterocycles. The third kappa shape index (κ3) is 0.956. The summed E-state index contributed by atoms with van der Waals surface area (Å²) in [6.45, 7) is 4.16. The smallest absolute Gasteiger partial charge is 0.0630 e. The van der Waals surface area contributed by atoms with E-state index in [0.717, 1.165) is 18.6 Å². The minimum Gasteiger partial charge on any atom is -0.378 e. The summed E-state index contributed by atoms with van der Waals surface area (Å²) in [5.74, 6) is 0.824. The van der Waals surface area contributed by atoms with Crippen LogP contribution in [0.5, 0.6) is 0 Å². The van der Waals surface area contributed by atoms with Gasteiger partial charge in [0.2, 0.25) is 0 Å². The van der Waals surface area contributed by atoms with Crippen LogP contribution >= 0.6 is 0 Å². The normalized spacial score (nSPS) is 44.7. The van der Waals surface area contributed by atoms with Gasteiger partial charge in [0.1, 0.15) is 0 Å². The number of hydrogen-bond acceptors (Lipinski definition) is 2. The van der Waals surface area contributed by atoms with Crippen molar-refractivity contribution < 1.29 is 4.74 Å². The fourth-order valence-electron chi connectivity index (χ4n) is 2.20. The molecule has 0 spiro atoms. The average Bonchev–Trinajstić information content (AvgIpc) is 2.48. The summed E-state index contributed by atoms with van der Waals surface area (Å²) in [5, 5.41) is 3.46. The molecule has 0 amide bonds. The monoisotopic (exact) mass is 141 g/mol. The number of rotatable bonds is 2. The van der Waals surface area contributed by atoms with Crippen LogP contribution in [0.15, 0.2) is 0 Å². The Morgan fingerprint density at radius 3 is 2.90 bits per heavy atom. The lowest BCUT2D eigenvalue weighted by Gasteiger charge is -2.21. The van der Waals surface area contributed by atoms with Crippen LogP contribution in [0.1, 0.15) is 19.8 Å². The summed E-state index contributed by atoms with van der Waals surface area (Å²) in [4.78, 5) is 0. The molecule has 58 valence electrons. The second kappa shape index (κ2) is 2.51. The maximum atomic E-state index is 5.60. The maximum absolute atomic E-state index is 5.60. The summed E-state index contributed by atoms with van der Waals surface area (Å²) >= 11 is 0. The molecule has 0 aromatic rings. The van der Waals surface area contributed by atoms with Crippen LogP contribution in [0, 0.1) is 5.92 Å². The number of hydrogen-bond donors (Lipinski definition) is 1. The largest absolute Gasteiger partial charge is 0.378 e. The Morgan fingerprint density at radius 2 is 2.40 bits per heavy atom. The summed E-state index contributed by atoms with van der Waals surface area (Å²) in [6, 6.07) is 0.779. The predicted octanol–water partition coefficient (Wildman–Crippen LogP) is 0.773. The van der Waals surface area contributed by atoms with E-state index in [1.54, 1.807) is 0 Å². The number of ether oxygens (including phenoxy) is 1. The van der Waals surface area contributed by atoms with Gasteiger partial charge in [0.15, 0.2) is 0 Å². The van der Waals surface area contributed by atoms with E-state index in [1.165, 1.54) is 19.4 Å². The molecule has 1 saturated carbocycles. The molecular weight excluding hydrogens is 126 g/mol. The molecule has 3 atom stereocenters. The van der Waals surface area contributed by atoms with E-state index in [9.17, 15) is 0 Å². The molecule has 1 N–H and O–H groups in total. The van der Waals surface area contributed by atoms with Crippen LogP contribution in [0.3, 0.4) is 0 Å². The highest BCUT2D eigenvalue weighted by Crippen LogP contribution is 2.33. The number of nitrogens with one attached hydrogen (secondary N) is 1. The molecule has 3 unspecified atom stereocenters. The van der Waals surface area contributed by atoms with Crippen LogP contribution < -0.4 is 5.32 Å². The van der Waals surface area contributed by atoms with Crippen LogP contribution in [-0.2, 0) is 4.74 Å². The maximum Gasteiger partial charge on any atom is 0.0630 e. The van der Waals surface area contributed by atoms with Crippen molar-refractivity contribution in [2.45, 2.75) is 31.9 Å². The van der Waals surface area contributed by atoms with Gasteiger partial charge in [-0.15, -0.1) is 0 Å². The summed E-state index contributed by atoms with van der Waals surface area (Å²) in [7, 11) is 0. The van der Waals surface area contributed by atoms with Gasteiger partial charge in [0, 0.05) is 19.2 Å². The number of fused-ring (bicyclic) bond motifs is 2. The van der Waals surface area contributed by atoms with Crippen molar-refractivity contribution in [3.8, 4) is 0 Å². The van der Waals surface area contributed by atoms with Crippen molar-refractivity contribution in [2.75, 3.05) is 13.2 Å². The standard InChI is InChI=1S/C8H15NO/c1-2-10-8-4-7-3-6(8)5-9-7/h6-9H,2-5H2,1H3. The van der Waals surface area contributed by atoms with Gasteiger partial charge in [-0.2, -0.15) is 0 Å². The first-order chi connectivity index (χ1) is 4.90. The molecule has 1 aliphatic carbocycles. The van der Waals surface area contributed by atoms with Gasteiger partial charge in [0.05, 0.1) is 6.10 Å². The Kier molecular flexibility index (Phi) is 1.66. The molecule has 2 heteroatoms. The van der Waals surface area contributed by atoms with Crippen LogP contribution in [-0.4, -0.2) is 25.3 Å². The van der Waals surface area contributed by atoms with Crippen LogP contribution in [0.25, 0.3) is 0 Å². The third-order valence-corrected chi connectivity index (χ3v) is 2.68. The van der Waals surface area contributed by atoms with Gasteiger partial charge in [0.25, 0.3) is 0 Å². The van der Waals surface area contributed by atoms with Gasteiger partial charge in [-0.1, -0.05) is 0 Å². The van der Waals surface area contributed by atoms with E-state index in [-0.39, 0.29) is 0 Å². The van der Waals surface area contributed by atoms with Gasteiger partial charge < -0.3 is 10.1 Å². The summed E-state index contributed by atoms with van der Waals surface area (Å²) in [5.41, 5.74) is 0. The quantitative estimate of drug-likeness (QED) is 0.613. The second-order valence-electron chi connectivity index (χ2n) is 3.33. The van der Waals surface area contributed by atoms with Gasteiger partial charge in [-0.25, -0.2) is 0 Å². The van der Waals surface area contributed by atoms with Crippen molar-refractivity contribution >= 4 is 0 Å². The van der Waals surface area contributed by atoms with Gasteiger partial charge in [-0.3, -0.25) is 0 Å². The lowest BCUT2D eigenvalue weighted by atomic mass is 10.1. The first-order valence-electron chi connectivity index (χ1n) is 4.25. The van der Waals surface area contributed by atoms with E-state index in [2.05, 4.69) is 12.2 Å². The second-order valence-corrected chi connectivity index (χ2v) is 3.33. The minimum atomic E-state index is 0.580.